The predicted molar refractivity (Wildman–Crippen MR) is 103 cm³/mol. The zero-order chi connectivity index (χ0) is 17.6. The quantitative estimate of drug-likeness (QED) is 0.277. The molecule has 0 fully saturated rings. The molecule has 24 heavy (non-hydrogen) atoms. The van der Waals surface area contributed by atoms with Crippen molar-refractivity contribution < 1.29 is 9.53 Å². The lowest BCUT2D eigenvalue weighted by Crippen LogP contribution is -2.18. The molecule has 0 bridgehead atoms. The van der Waals surface area contributed by atoms with Crippen LogP contribution in [0, 0.1) is 0 Å². The number of carbonyl (C=O) groups is 1. The standard InChI is InChI=1S/C21H33ClO2/c1-3-5-6-7-8-9-10-11-15-18(14-4-2)24-21(23)19-16-12-13-17-20(19)22/h12-13,16-18H,3-11,14-15H2,1-2H3. The SMILES string of the molecule is CCCCCCCCCCC(CCC)OC(=O)c1ccccc1Cl. The van der Waals surface area contributed by atoms with Crippen LogP contribution in [0.4, 0.5) is 0 Å². The van der Waals surface area contributed by atoms with Crippen LogP contribution in [0.5, 0.6) is 0 Å². The molecule has 136 valence electrons. The molecule has 0 amide bonds. The highest BCUT2D eigenvalue weighted by atomic mass is 35.5. The second kappa shape index (κ2) is 13.3. The zero-order valence-corrected chi connectivity index (χ0v) is 16.1. The predicted octanol–water partition coefficient (Wildman–Crippen LogP) is 7.20. The first-order valence-electron chi connectivity index (χ1n) is 9.64. The van der Waals surface area contributed by atoms with Gasteiger partial charge in [-0.05, 0) is 31.4 Å². The Hall–Kier alpha value is -1.02. The number of hydrogen-bond donors (Lipinski definition) is 0. The van der Waals surface area contributed by atoms with Gasteiger partial charge in [-0.3, -0.25) is 0 Å². The Morgan fingerprint density at radius 2 is 1.54 bits per heavy atom. The second-order valence-electron chi connectivity index (χ2n) is 6.56. The molecular weight excluding hydrogens is 320 g/mol. The van der Waals surface area contributed by atoms with E-state index in [0.29, 0.717) is 10.6 Å². The average Bonchev–Trinajstić information content (AvgIpc) is 2.57. The van der Waals surface area contributed by atoms with E-state index < -0.39 is 0 Å². The Labute approximate surface area is 152 Å². The van der Waals surface area contributed by atoms with Crippen LogP contribution >= 0.6 is 11.6 Å². The van der Waals surface area contributed by atoms with E-state index in [1.165, 1.54) is 44.9 Å². The van der Waals surface area contributed by atoms with Gasteiger partial charge in [0.15, 0.2) is 0 Å². The molecule has 0 saturated carbocycles. The van der Waals surface area contributed by atoms with E-state index in [-0.39, 0.29) is 12.1 Å². The molecule has 0 aliphatic rings. The first-order chi connectivity index (χ1) is 11.7. The van der Waals surface area contributed by atoms with E-state index in [1.807, 2.05) is 12.1 Å². The van der Waals surface area contributed by atoms with Crippen molar-refractivity contribution in [2.24, 2.45) is 0 Å². The molecule has 1 aromatic rings. The van der Waals surface area contributed by atoms with Crippen LogP contribution < -0.4 is 0 Å². The number of hydrogen-bond acceptors (Lipinski definition) is 2. The summed E-state index contributed by atoms with van der Waals surface area (Å²) in [5.41, 5.74) is 0.469. The van der Waals surface area contributed by atoms with E-state index in [4.69, 9.17) is 16.3 Å². The van der Waals surface area contributed by atoms with E-state index in [0.717, 1.165) is 25.7 Å². The van der Waals surface area contributed by atoms with E-state index in [1.54, 1.807) is 12.1 Å². The molecule has 0 aliphatic carbocycles. The fraction of sp³-hybridized carbons (Fsp3) is 0.667. The molecule has 0 aliphatic heterocycles. The number of esters is 1. The van der Waals surface area contributed by atoms with Crippen LogP contribution in [-0.4, -0.2) is 12.1 Å². The van der Waals surface area contributed by atoms with Gasteiger partial charge in [-0.15, -0.1) is 0 Å². The second-order valence-corrected chi connectivity index (χ2v) is 6.97. The van der Waals surface area contributed by atoms with Gasteiger partial charge in [0, 0.05) is 0 Å². The summed E-state index contributed by atoms with van der Waals surface area (Å²) >= 11 is 6.08. The summed E-state index contributed by atoms with van der Waals surface area (Å²) in [6.07, 6.45) is 13.3. The van der Waals surface area contributed by atoms with Crippen molar-refractivity contribution in [2.45, 2.75) is 90.6 Å². The highest BCUT2D eigenvalue weighted by molar-refractivity contribution is 6.33. The number of halogens is 1. The van der Waals surface area contributed by atoms with E-state index >= 15 is 0 Å². The van der Waals surface area contributed by atoms with Gasteiger partial charge >= 0.3 is 5.97 Å². The van der Waals surface area contributed by atoms with Gasteiger partial charge in [-0.1, -0.05) is 88.9 Å². The number of carbonyl (C=O) groups excluding carboxylic acids is 1. The minimum absolute atomic E-state index is 0.0128. The molecule has 1 unspecified atom stereocenters. The Morgan fingerprint density at radius 3 is 2.17 bits per heavy atom. The average molecular weight is 353 g/mol. The lowest BCUT2D eigenvalue weighted by molar-refractivity contribution is 0.0254. The van der Waals surface area contributed by atoms with Crippen molar-refractivity contribution >= 4 is 17.6 Å². The third kappa shape index (κ3) is 8.73. The molecule has 3 heteroatoms. The van der Waals surface area contributed by atoms with Gasteiger partial charge in [-0.25, -0.2) is 4.79 Å². The topological polar surface area (TPSA) is 26.3 Å². The first-order valence-corrected chi connectivity index (χ1v) is 10.0. The van der Waals surface area contributed by atoms with Gasteiger partial charge in [0.05, 0.1) is 10.6 Å². The Bertz CT molecular complexity index is 459. The fourth-order valence-corrected chi connectivity index (χ4v) is 3.14. The van der Waals surface area contributed by atoms with Gasteiger partial charge in [0.1, 0.15) is 6.10 Å². The van der Waals surface area contributed by atoms with Crippen molar-refractivity contribution in [3.63, 3.8) is 0 Å². The van der Waals surface area contributed by atoms with Crippen molar-refractivity contribution in [1.29, 1.82) is 0 Å². The maximum atomic E-state index is 12.3. The van der Waals surface area contributed by atoms with Gasteiger partial charge in [-0.2, -0.15) is 0 Å². The van der Waals surface area contributed by atoms with Gasteiger partial charge in [0.2, 0.25) is 0 Å². The molecule has 0 saturated heterocycles. The van der Waals surface area contributed by atoms with Crippen molar-refractivity contribution in [3.05, 3.63) is 34.9 Å². The number of unbranched alkanes of at least 4 members (excludes halogenated alkanes) is 7. The van der Waals surface area contributed by atoms with Crippen LogP contribution in [0.1, 0.15) is 94.8 Å². The molecule has 2 nitrogen and oxygen atoms in total. The summed E-state index contributed by atoms with van der Waals surface area (Å²) in [5, 5.41) is 0.463. The summed E-state index contributed by atoms with van der Waals surface area (Å²) in [6.45, 7) is 4.38. The summed E-state index contributed by atoms with van der Waals surface area (Å²) in [7, 11) is 0. The van der Waals surface area contributed by atoms with Crippen molar-refractivity contribution in [1.82, 2.24) is 0 Å². The molecule has 1 atom stereocenters. The number of ether oxygens (including phenoxy) is 1. The minimum Gasteiger partial charge on any atom is -0.459 e. The molecule has 0 heterocycles. The third-order valence-corrected chi connectivity index (χ3v) is 4.69. The first kappa shape index (κ1) is 21.0. The molecular formula is C21H33ClO2. The van der Waals surface area contributed by atoms with Crippen LogP contribution in [0.3, 0.4) is 0 Å². The van der Waals surface area contributed by atoms with Crippen LogP contribution in [-0.2, 0) is 4.74 Å². The van der Waals surface area contributed by atoms with Gasteiger partial charge < -0.3 is 4.74 Å². The molecule has 0 spiro atoms. The molecule has 1 rings (SSSR count). The number of benzene rings is 1. The molecule has 0 aromatic heterocycles. The molecule has 1 aromatic carbocycles. The summed E-state index contributed by atoms with van der Waals surface area (Å²) in [6, 6.07) is 7.09. The smallest absolute Gasteiger partial charge is 0.339 e. The van der Waals surface area contributed by atoms with Gasteiger partial charge in [0.25, 0.3) is 0 Å². The highest BCUT2D eigenvalue weighted by Gasteiger charge is 2.17. The maximum absolute atomic E-state index is 12.3. The molecule has 0 N–H and O–H groups in total. The Morgan fingerprint density at radius 1 is 0.917 bits per heavy atom. The van der Waals surface area contributed by atoms with E-state index in [9.17, 15) is 4.79 Å². The summed E-state index contributed by atoms with van der Waals surface area (Å²) in [4.78, 5) is 12.3. The van der Waals surface area contributed by atoms with Crippen molar-refractivity contribution in [3.8, 4) is 0 Å². The van der Waals surface area contributed by atoms with Crippen LogP contribution in [0.15, 0.2) is 24.3 Å². The fourth-order valence-electron chi connectivity index (χ4n) is 2.93. The highest BCUT2D eigenvalue weighted by Crippen LogP contribution is 2.20. The summed E-state index contributed by atoms with van der Waals surface area (Å²) in [5.74, 6) is -0.293. The normalized spacial score (nSPS) is 12.1. The van der Waals surface area contributed by atoms with Crippen LogP contribution in [0.2, 0.25) is 5.02 Å². The lowest BCUT2D eigenvalue weighted by atomic mass is 10.0. The zero-order valence-electron chi connectivity index (χ0n) is 15.4. The lowest BCUT2D eigenvalue weighted by Gasteiger charge is -2.17. The Kier molecular flexibility index (Phi) is 11.6. The Balaban J connectivity index is 2.28. The summed E-state index contributed by atoms with van der Waals surface area (Å²) < 4.78 is 5.69. The minimum atomic E-state index is -0.293. The largest absolute Gasteiger partial charge is 0.459 e. The third-order valence-electron chi connectivity index (χ3n) is 4.36. The van der Waals surface area contributed by atoms with E-state index in [2.05, 4.69) is 13.8 Å². The monoisotopic (exact) mass is 352 g/mol. The number of rotatable bonds is 13. The molecule has 0 radical (unpaired) electrons. The van der Waals surface area contributed by atoms with Crippen molar-refractivity contribution in [2.75, 3.05) is 0 Å². The van der Waals surface area contributed by atoms with Crippen LogP contribution in [0.25, 0.3) is 0 Å². The maximum Gasteiger partial charge on any atom is 0.339 e.